The van der Waals surface area contributed by atoms with Crippen LogP contribution in [0.4, 0.5) is 11.4 Å². The summed E-state index contributed by atoms with van der Waals surface area (Å²) in [6, 6.07) is 11.4. The summed E-state index contributed by atoms with van der Waals surface area (Å²) in [5.41, 5.74) is 11.0. The van der Waals surface area contributed by atoms with Gasteiger partial charge in [0, 0.05) is 16.9 Å². The maximum Gasteiger partial charge on any atom is 0.256 e. The summed E-state index contributed by atoms with van der Waals surface area (Å²) in [5.74, 6) is -0.112. The van der Waals surface area contributed by atoms with E-state index in [9.17, 15) is 4.79 Å². The molecule has 2 aromatic rings. The van der Waals surface area contributed by atoms with Gasteiger partial charge in [-0.2, -0.15) is 0 Å². The number of nitrogens with two attached hydrogens (primary N) is 1. The number of carbonyl (C=O) groups is 1. The summed E-state index contributed by atoms with van der Waals surface area (Å²) in [7, 11) is 0. The van der Waals surface area contributed by atoms with Gasteiger partial charge in [0.15, 0.2) is 0 Å². The largest absolute Gasteiger partial charge is 0.398 e. The van der Waals surface area contributed by atoms with Crippen LogP contribution < -0.4 is 11.1 Å². The molecule has 3 heteroatoms. The molecule has 2 rings (SSSR count). The van der Waals surface area contributed by atoms with E-state index < -0.39 is 0 Å². The van der Waals surface area contributed by atoms with Gasteiger partial charge in [-0.15, -0.1) is 0 Å². The van der Waals surface area contributed by atoms with Crippen molar-refractivity contribution in [2.75, 3.05) is 11.1 Å². The van der Waals surface area contributed by atoms with Crippen molar-refractivity contribution in [2.45, 2.75) is 27.2 Å². The Hall–Kier alpha value is -2.29. The molecule has 0 saturated carbocycles. The second-order valence-corrected chi connectivity index (χ2v) is 4.94. The van der Waals surface area contributed by atoms with Crippen LogP contribution in [0.2, 0.25) is 0 Å². The third kappa shape index (κ3) is 2.67. The number of hydrogen-bond acceptors (Lipinski definition) is 2. The summed E-state index contributed by atoms with van der Waals surface area (Å²) >= 11 is 0. The predicted octanol–water partition coefficient (Wildman–Crippen LogP) is 3.70. The predicted molar refractivity (Wildman–Crippen MR) is 84.1 cm³/mol. The fourth-order valence-electron chi connectivity index (χ4n) is 2.28. The second kappa shape index (κ2) is 5.78. The molecular weight excluding hydrogens is 248 g/mol. The van der Waals surface area contributed by atoms with Crippen molar-refractivity contribution in [2.24, 2.45) is 0 Å². The standard InChI is InChI=1S/C17H20N2O/c1-4-13-8-5-7-11(2)16(13)19-17(20)14-9-6-10-15(18)12(14)3/h5-10H,4,18H2,1-3H3,(H,19,20). The highest BCUT2D eigenvalue weighted by Crippen LogP contribution is 2.23. The molecule has 3 N–H and O–H groups in total. The molecule has 2 aromatic carbocycles. The first kappa shape index (κ1) is 14.1. The maximum atomic E-state index is 12.4. The van der Waals surface area contributed by atoms with Crippen LogP contribution in [0.3, 0.4) is 0 Å². The first-order valence-corrected chi connectivity index (χ1v) is 6.79. The third-order valence-electron chi connectivity index (χ3n) is 3.60. The molecule has 3 nitrogen and oxygen atoms in total. The highest BCUT2D eigenvalue weighted by atomic mass is 16.1. The van der Waals surface area contributed by atoms with Gasteiger partial charge < -0.3 is 11.1 Å². The first-order valence-electron chi connectivity index (χ1n) is 6.79. The normalized spacial score (nSPS) is 10.3. The fraction of sp³-hybridized carbons (Fsp3) is 0.235. The molecule has 0 aliphatic carbocycles. The van der Waals surface area contributed by atoms with E-state index in [0.29, 0.717) is 11.3 Å². The Morgan fingerprint density at radius 2 is 1.85 bits per heavy atom. The average Bonchev–Trinajstić information content (AvgIpc) is 2.44. The second-order valence-electron chi connectivity index (χ2n) is 4.94. The molecule has 0 saturated heterocycles. The lowest BCUT2D eigenvalue weighted by Gasteiger charge is -2.14. The molecule has 0 radical (unpaired) electrons. The number of nitrogens with one attached hydrogen (secondary N) is 1. The first-order chi connectivity index (χ1) is 9.54. The lowest BCUT2D eigenvalue weighted by Crippen LogP contribution is -2.16. The van der Waals surface area contributed by atoms with Gasteiger partial charge in [-0.05, 0) is 49.1 Å². The molecule has 0 aromatic heterocycles. The molecule has 104 valence electrons. The quantitative estimate of drug-likeness (QED) is 0.834. The van der Waals surface area contributed by atoms with Crippen LogP contribution in [-0.4, -0.2) is 5.91 Å². The Morgan fingerprint density at radius 3 is 2.55 bits per heavy atom. The molecule has 20 heavy (non-hydrogen) atoms. The van der Waals surface area contributed by atoms with Gasteiger partial charge in [0.1, 0.15) is 0 Å². The summed E-state index contributed by atoms with van der Waals surface area (Å²) in [5, 5.41) is 3.02. The van der Waals surface area contributed by atoms with Crippen LogP contribution in [-0.2, 0) is 6.42 Å². The van der Waals surface area contributed by atoms with Crippen molar-refractivity contribution in [1.82, 2.24) is 0 Å². The Bertz CT molecular complexity index is 647. The van der Waals surface area contributed by atoms with Crippen molar-refractivity contribution in [1.29, 1.82) is 0 Å². The number of hydrogen-bond donors (Lipinski definition) is 2. The van der Waals surface area contributed by atoms with Crippen LogP contribution in [0.5, 0.6) is 0 Å². The number of amides is 1. The minimum Gasteiger partial charge on any atom is -0.398 e. The van der Waals surface area contributed by atoms with E-state index in [0.717, 1.165) is 28.8 Å². The third-order valence-corrected chi connectivity index (χ3v) is 3.60. The monoisotopic (exact) mass is 268 g/mol. The van der Waals surface area contributed by atoms with Gasteiger partial charge in [-0.3, -0.25) is 4.79 Å². The van der Waals surface area contributed by atoms with Crippen molar-refractivity contribution < 1.29 is 4.79 Å². The summed E-state index contributed by atoms with van der Waals surface area (Å²) in [6.45, 7) is 5.94. The van der Waals surface area contributed by atoms with Gasteiger partial charge in [0.05, 0.1) is 0 Å². The minimum atomic E-state index is -0.112. The molecule has 0 aliphatic heterocycles. The lowest BCUT2D eigenvalue weighted by atomic mass is 10.0. The number of benzene rings is 2. The number of aryl methyl sites for hydroxylation is 2. The molecular formula is C17H20N2O. The Balaban J connectivity index is 2.35. The number of carbonyl (C=O) groups excluding carboxylic acids is 1. The van der Waals surface area contributed by atoms with Crippen LogP contribution in [0.1, 0.15) is 34.0 Å². The van der Waals surface area contributed by atoms with Crippen LogP contribution in [0.15, 0.2) is 36.4 Å². The van der Waals surface area contributed by atoms with Crippen molar-refractivity contribution in [3.63, 3.8) is 0 Å². The molecule has 0 bridgehead atoms. The summed E-state index contributed by atoms with van der Waals surface area (Å²) in [6.07, 6.45) is 0.882. The average molecular weight is 268 g/mol. The molecule has 0 unspecified atom stereocenters. The number of rotatable bonds is 3. The van der Waals surface area contributed by atoms with Crippen LogP contribution in [0.25, 0.3) is 0 Å². The molecule has 0 atom stereocenters. The van der Waals surface area contributed by atoms with Gasteiger partial charge in [-0.25, -0.2) is 0 Å². The van der Waals surface area contributed by atoms with Crippen molar-refractivity contribution in [3.8, 4) is 0 Å². The van der Waals surface area contributed by atoms with Gasteiger partial charge >= 0.3 is 0 Å². The minimum absolute atomic E-state index is 0.112. The van der Waals surface area contributed by atoms with Crippen LogP contribution >= 0.6 is 0 Å². The smallest absolute Gasteiger partial charge is 0.256 e. The Morgan fingerprint density at radius 1 is 1.15 bits per heavy atom. The number of nitrogen functional groups attached to an aromatic ring is 1. The zero-order valence-electron chi connectivity index (χ0n) is 12.2. The van der Waals surface area contributed by atoms with E-state index in [1.54, 1.807) is 18.2 Å². The van der Waals surface area contributed by atoms with Crippen molar-refractivity contribution >= 4 is 17.3 Å². The van der Waals surface area contributed by atoms with Crippen LogP contribution in [0, 0.1) is 13.8 Å². The number of anilines is 2. The van der Waals surface area contributed by atoms with E-state index in [-0.39, 0.29) is 5.91 Å². The zero-order valence-corrected chi connectivity index (χ0v) is 12.2. The van der Waals surface area contributed by atoms with E-state index >= 15 is 0 Å². The summed E-state index contributed by atoms with van der Waals surface area (Å²) < 4.78 is 0. The van der Waals surface area contributed by atoms with E-state index in [4.69, 9.17) is 5.73 Å². The molecule has 1 amide bonds. The molecule has 0 fully saturated rings. The zero-order chi connectivity index (χ0) is 14.7. The highest BCUT2D eigenvalue weighted by Gasteiger charge is 2.13. The topological polar surface area (TPSA) is 55.1 Å². The van der Waals surface area contributed by atoms with E-state index in [2.05, 4.69) is 12.2 Å². The van der Waals surface area contributed by atoms with Gasteiger partial charge in [-0.1, -0.05) is 31.2 Å². The van der Waals surface area contributed by atoms with E-state index in [1.165, 1.54) is 0 Å². The molecule has 0 heterocycles. The van der Waals surface area contributed by atoms with Crippen molar-refractivity contribution in [3.05, 3.63) is 58.7 Å². The number of para-hydroxylation sites is 1. The lowest BCUT2D eigenvalue weighted by molar-refractivity contribution is 0.102. The van der Waals surface area contributed by atoms with Gasteiger partial charge in [0.2, 0.25) is 0 Å². The van der Waals surface area contributed by atoms with E-state index in [1.807, 2.05) is 32.0 Å². The maximum absolute atomic E-state index is 12.4. The Kier molecular flexibility index (Phi) is 4.08. The SMILES string of the molecule is CCc1cccc(C)c1NC(=O)c1cccc(N)c1C. The highest BCUT2D eigenvalue weighted by molar-refractivity contribution is 6.06. The van der Waals surface area contributed by atoms with Gasteiger partial charge in [0.25, 0.3) is 5.91 Å². The molecule has 0 aliphatic rings. The fourth-order valence-corrected chi connectivity index (χ4v) is 2.28. The Labute approximate surface area is 119 Å². The summed E-state index contributed by atoms with van der Waals surface area (Å²) in [4.78, 5) is 12.4. The molecule has 0 spiro atoms.